The number of hydrogen-bond acceptors (Lipinski definition) is 7. The van der Waals surface area contributed by atoms with Crippen molar-refractivity contribution in [2.75, 3.05) is 42.4 Å². The van der Waals surface area contributed by atoms with Gasteiger partial charge in [-0.15, -0.1) is 0 Å². The molecule has 2 heterocycles. The zero-order valence-corrected chi connectivity index (χ0v) is 20.6. The molecule has 1 N–H and O–H groups in total. The van der Waals surface area contributed by atoms with E-state index < -0.39 is 10.0 Å². The van der Waals surface area contributed by atoms with Gasteiger partial charge in [0.2, 0.25) is 5.91 Å². The molecule has 1 fully saturated rings. The predicted octanol–water partition coefficient (Wildman–Crippen LogP) is 3.68. The summed E-state index contributed by atoms with van der Waals surface area (Å²) in [7, 11) is -3.74. The summed E-state index contributed by atoms with van der Waals surface area (Å²) < 4.78 is 33.2. The molecule has 4 rings (SSSR count). The lowest BCUT2D eigenvalue weighted by Crippen LogP contribution is -2.48. The van der Waals surface area contributed by atoms with Gasteiger partial charge in [0.25, 0.3) is 10.0 Å². The van der Waals surface area contributed by atoms with Crippen molar-refractivity contribution < 1.29 is 19.4 Å². The van der Waals surface area contributed by atoms with Crippen molar-refractivity contribution in [3.63, 3.8) is 0 Å². The highest BCUT2D eigenvalue weighted by molar-refractivity contribution is 7.92. The molecule has 186 valence electrons. The van der Waals surface area contributed by atoms with Gasteiger partial charge in [0, 0.05) is 50.9 Å². The molecular formula is C24H28ClN5O4S. The number of piperazine rings is 1. The first-order valence-corrected chi connectivity index (χ1v) is 13.1. The number of nitrogens with one attached hydrogen (secondary N) is 1. The minimum atomic E-state index is -3.74. The van der Waals surface area contributed by atoms with Crippen LogP contribution in [0.5, 0.6) is 5.75 Å². The van der Waals surface area contributed by atoms with Gasteiger partial charge >= 0.3 is 0 Å². The summed E-state index contributed by atoms with van der Waals surface area (Å²) in [5, 5.41) is 0.656. The summed E-state index contributed by atoms with van der Waals surface area (Å²) in [6, 6.07) is 15.3. The topological polar surface area (TPSA) is 105 Å². The van der Waals surface area contributed by atoms with Gasteiger partial charge < -0.3 is 14.5 Å². The molecule has 2 aromatic carbocycles. The molecule has 1 aromatic heterocycles. The van der Waals surface area contributed by atoms with Gasteiger partial charge in [0.05, 0.1) is 11.5 Å². The fourth-order valence-corrected chi connectivity index (χ4v) is 4.83. The summed E-state index contributed by atoms with van der Waals surface area (Å²) >= 11 is 5.86. The number of rotatable bonds is 9. The van der Waals surface area contributed by atoms with Crippen LogP contribution in [0, 0.1) is 0 Å². The number of nitrogens with zero attached hydrogens (tertiary/aromatic N) is 4. The Morgan fingerprint density at radius 2 is 1.74 bits per heavy atom. The predicted molar refractivity (Wildman–Crippen MR) is 136 cm³/mol. The van der Waals surface area contributed by atoms with Crippen LogP contribution in [0.25, 0.3) is 0 Å². The highest BCUT2D eigenvalue weighted by atomic mass is 35.5. The normalized spacial score (nSPS) is 14.0. The number of ether oxygens (including phenoxy) is 1. The van der Waals surface area contributed by atoms with E-state index >= 15 is 0 Å². The molecule has 0 radical (unpaired) electrons. The first kappa shape index (κ1) is 24.7. The minimum absolute atomic E-state index is 0. The molecule has 1 aliphatic heterocycles. The Kier molecular flexibility index (Phi) is 8.04. The maximum atomic E-state index is 12.6. The van der Waals surface area contributed by atoms with Crippen LogP contribution in [-0.4, -0.2) is 62.0 Å². The van der Waals surface area contributed by atoms with Gasteiger partial charge in [-0.05, 0) is 61.0 Å². The number of amides is 1. The Morgan fingerprint density at radius 1 is 1.03 bits per heavy atom. The molecule has 1 amide bonds. The molecule has 1 aliphatic rings. The molecule has 0 atom stereocenters. The highest BCUT2D eigenvalue weighted by Gasteiger charge is 2.22. The molecule has 0 aliphatic carbocycles. The first-order valence-electron chi connectivity index (χ1n) is 11.2. The van der Waals surface area contributed by atoms with Crippen LogP contribution in [0.4, 0.5) is 11.5 Å². The van der Waals surface area contributed by atoms with E-state index in [0.717, 1.165) is 11.4 Å². The molecule has 0 saturated carbocycles. The van der Waals surface area contributed by atoms with Gasteiger partial charge in [-0.1, -0.05) is 11.6 Å². The Balaban J connectivity index is 0.00000361. The van der Waals surface area contributed by atoms with Crippen molar-refractivity contribution >= 4 is 39.0 Å². The Labute approximate surface area is 211 Å². The first-order chi connectivity index (χ1) is 16.9. The summed E-state index contributed by atoms with van der Waals surface area (Å²) in [4.78, 5) is 24.4. The zero-order chi connectivity index (χ0) is 24.7. The Morgan fingerprint density at radius 3 is 2.40 bits per heavy atom. The van der Waals surface area contributed by atoms with E-state index in [9.17, 15) is 13.2 Å². The summed E-state index contributed by atoms with van der Waals surface area (Å²) in [5.74, 6) is 1.06. The fraction of sp³-hybridized carbons (Fsp3) is 0.292. The Hall–Kier alpha value is -3.37. The number of halogens is 1. The van der Waals surface area contributed by atoms with Gasteiger partial charge in [0.1, 0.15) is 17.9 Å². The van der Waals surface area contributed by atoms with E-state index in [2.05, 4.69) is 19.6 Å². The minimum Gasteiger partial charge on any atom is -0.494 e. The smallest absolute Gasteiger partial charge is 0.263 e. The van der Waals surface area contributed by atoms with Crippen LogP contribution >= 0.6 is 11.6 Å². The number of sulfonamides is 1. The lowest BCUT2D eigenvalue weighted by atomic mass is 10.2. The molecule has 0 unspecified atom stereocenters. The van der Waals surface area contributed by atoms with Gasteiger partial charge in [-0.2, -0.15) is 0 Å². The summed E-state index contributed by atoms with van der Waals surface area (Å²) in [5.41, 5.74) is 0.912. The van der Waals surface area contributed by atoms with Gasteiger partial charge in [-0.3, -0.25) is 9.52 Å². The second-order valence-electron chi connectivity index (χ2n) is 7.97. The SMILES string of the molecule is O=C(CCCOc1ccc(Cl)cc1)N1CCN(c2ccc(S(=O)(=O)Nc3ccncn3)cc2)CC1.[HH]. The largest absolute Gasteiger partial charge is 0.494 e. The average Bonchev–Trinajstić information content (AvgIpc) is 2.88. The average molecular weight is 518 g/mol. The lowest BCUT2D eigenvalue weighted by Gasteiger charge is -2.36. The molecule has 11 heteroatoms. The number of benzene rings is 2. The van der Waals surface area contributed by atoms with Crippen LogP contribution in [0.15, 0.2) is 72.0 Å². The van der Waals surface area contributed by atoms with Crippen LogP contribution in [0.3, 0.4) is 0 Å². The van der Waals surface area contributed by atoms with Gasteiger partial charge in [0.15, 0.2) is 0 Å². The molecule has 1 saturated heterocycles. The Bertz CT molecular complexity index is 1220. The zero-order valence-electron chi connectivity index (χ0n) is 19.0. The monoisotopic (exact) mass is 517 g/mol. The number of carbonyl (C=O) groups excluding carboxylic acids is 1. The third kappa shape index (κ3) is 6.83. The molecular weight excluding hydrogens is 490 g/mol. The second-order valence-corrected chi connectivity index (χ2v) is 10.1. The van der Waals surface area contributed by atoms with Gasteiger partial charge in [-0.25, -0.2) is 18.4 Å². The maximum absolute atomic E-state index is 12.6. The molecule has 9 nitrogen and oxygen atoms in total. The summed E-state index contributed by atoms with van der Waals surface area (Å²) in [6.07, 6.45) is 3.81. The van der Waals surface area contributed by atoms with Crippen LogP contribution in [-0.2, 0) is 14.8 Å². The molecule has 3 aromatic rings. The fourth-order valence-electron chi connectivity index (χ4n) is 3.70. The van der Waals surface area contributed by atoms with Crippen molar-refractivity contribution in [1.82, 2.24) is 14.9 Å². The lowest BCUT2D eigenvalue weighted by molar-refractivity contribution is -0.131. The number of hydrogen-bond donors (Lipinski definition) is 1. The second kappa shape index (κ2) is 11.4. The number of anilines is 2. The van der Waals surface area contributed by atoms with E-state index in [-0.39, 0.29) is 18.0 Å². The van der Waals surface area contributed by atoms with Crippen LogP contribution in [0.2, 0.25) is 5.02 Å². The maximum Gasteiger partial charge on any atom is 0.263 e. The van der Waals surface area contributed by atoms with E-state index in [4.69, 9.17) is 16.3 Å². The van der Waals surface area contributed by atoms with Crippen LogP contribution in [0.1, 0.15) is 14.3 Å². The van der Waals surface area contributed by atoms with Crippen molar-refractivity contribution in [3.05, 3.63) is 72.1 Å². The van der Waals surface area contributed by atoms with Crippen LogP contribution < -0.4 is 14.4 Å². The molecule has 35 heavy (non-hydrogen) atoms. The van der Waals surface area contributed by atoms with Crippen molar-refractivity contribution in [2.45, 2.75) is 17.7 Å². The molecule has 0 bridgehead atoms. The third-order valence-electron chi connectivity index (χ3n) is 5.58. The van der Waals surface area contributed by atoms with Crippen molar-refractivity contribution in [2.24, 2.45) is 0 Å². The highest BCUT2D eigenvalue weighted by Crippen LogP contribution is 2.21. The van der Waals surface area contributed by atoms with E-state index in [1.807, 2.05) is 4.90 Å². The third-order valence-corrected chi connectivity index (χ3v) is 7.21. The number of carbonyl (C=O) groups is 1. The van der Waals surface area contributed by atoms with Crippen molar-refractivity contribution in [3.8, 4) is 5.75 Å². The summed E-state index contributed by atoms with van der Waals surface area (Å²) in [6.45, 7) is 3.06. The van der Waals surface area contributed by atoms with E-state index in [1.54, 1.807) is 48.5 Å². The standard InChI is InChI=1S/C24H26ClN5O4S.H2/c25-19-3-7-21(8-4-19)34-17-1-2-24(31)30-15-13-29(14-16-30)20-5-9-22(10-6-20)35(32,33)28-23-11-12-26-18-27-23;/h3-12,18H,1-2,13-17H2,(H,26,27,28);1H. The van der Waals surface area contributed by atoms with Crippen molar-refractivity contribution in [1.29, 1.82) is 0 Å². The molecule has 0 spiro atoms. The van der Waals surface area contributed by atoms with E-state index in [1.165, 1.54) is 18.6 Å². The number of aromatic nitrogens is 2. The van der Waals surface area contributed by atoms with E-state index in [0.29, 0.717) is 50.7 Å². The quantitative estimate of drug-likeness (QED) is 0.431.